The van der Waals surface area contributed by atoms with Crippen LogP contribution in [-0.2, 0) is 6.42 Å². The van der Waals surface area contributed by atoms with E-state index in [0.29, 0.717) is 5.75 Å². The van der Waals surface area contributed by atoms with Crippen LogP contribution < -0.4 is 4.74 Å². The standard InChI is InChI=1S/C22H21NO2/c1-21-10-8-16(15-4-6-18(24)7-5-15)13-17(21)9-11-22(21)14-19-20(25-22)3-2-12-23-19/h2-7,9,12-13,24H,8,10-11,14H2,1H3/t21?,22-/m1/s1. The number of fused-ring (bicyclic) bond motifs is 3. The normalized spacial score (nSPS) is 29.6. The number of hydrogen-bond acceptors (Lipinski definition) is 3. The molecule has 0 saturated carbocycles. The zero-order valence-electron chi connectivity index (χ0n) is 14.3. The number of rotatable bonds is 1. The Morgan fingerprint density at radius 1 is 1.16 bits per heavy atom. The average molecular weight is 331 g/mol. The SMILES string of the molecule is CC12CCC(c3ccc(O)cc3)=CC1=CC[C@@]21Cc2ncccc2O1. The van der Waals surface area contributed by atoms with Gasteiger partial charge in [0.05, 0.1) is 5.69 Å². The first-order valence-corrected chi connectivity index (χ1v) is 8.93. The first kappa shape index (κ1) is 14.8. The van der Waals surface area contributed by atoms with E-state index in [0.717, 1.165) is 37.1 Å². The summed E-state index contributed by atoms with van der Waals surface area (Å²) in [6.45, 7) is 2.35. The number of ether oxygens (including phenoxy) is 1. The molecule has 0 saturated heterocycles. The van der Waals surface area contributed by atoms with Crippen molar-refractivity contribution in [2.24, 2.45) is 5.41 Å². The Kier molecular flexibility index (Phi) is 2.94. The fourth-order valence-corrected chi connectivity index (χ4v) is 4.71. The Balaban J connectivity index is 1.49. The van der Waals surface area contributed by atoms with Gasteiger partial charge in [-0.1, -0.05) is 31.2 Å². The Bertz CT molecular complexity index is 885. The van der Waals surface area contributed by atoms with E-state index in [9.17, 15) is 5.11 Å². The summed E-state index contributed by atoms with van der Waals surface area (Å²) < 4.78 is 6.51. The van der Waals surface area contributed by atoms with Gasteiger partial charge in [0, 0.05) is 24.5 Å². The summed E-state index contributed by atoms with van der Waals surface area (Å²) in [6.07, 6.45) is 10.5. The Morgan fingerprint density at radius 2 is 2.00 bits per heavy atom. The molecule has 126 valence electrons. The number of nitrogens with zero attached hydrogens (tertiary/aromatic N) is 1. The molecule has 3 nitrogen and oxygen atoms in total. The minimum Gasteiger partial charge on any atom is -0.508 e. The third-order valence-electron chi connectivity index (χ3n) is 6.36. The van der Waals surface area contributed by atoms with E-state index in [4.69, 9.17) is 4.74 Å². The van der Waals surface area contributed by atoms with Crippen LogP contribution in [0.1, 0.15) is 37.4 Å². The highest BCUT2D eigenvalue weighted by Gasteiger charge is 2.58. The van der Waals surface area contributed by atoms with E-state index in [-0.39, 0.29) is 11.0 Å². The van der Waals surface area contributed by atoms with Crippen molar-refractivity contribution in [1.82, 2.24) is 4.98 Å². The Labute approximate surface area is 147 Å². The highest BCUT2D eigenvalue weighted by molar-refractivity contribution is 5.71. The lowest BCUT2D eigenvalue weighted by Gasteiger charge is -2.44. The number of pyridine rings is 1. The van der Waals surface area contributed by atoms with Crippen molar-refractivity contribution in [3.8, 4) is 11.5 Å². The molecular weight excluding hydrogens is 310 g/mol. The van der Waals surface area contributed by atoms with Crippen LogP contribution in [0, 0.1) is 5.41 Å². The van der Waals surface area contributed by atoms with Crippen LogP contribution in [0.4, 0.5) is 0 Å². The van der Waals surface area contributed by atoms with Crippen LogP contribution >= 0.6 is 0 Å². The van der Waals surface area contributed by atoms with E-state index in [1.807, 2.05) is 30.5 Å². The van der Waals surface area contributed by atoms with Crippen molar-refractivity contribution in [2.45, 2.75) is 38.2 Å². The molecule has 25 heavy (non-hydrogen) atoms. The third kappa shape index (κ3) is 2.02. The summed E-state index contributed by atoms with van der Waals surface area (Å²) in [6, 6.07) is 11.5. The maximum absolute atomic E-state index is 9.52. The predicted octanol–water partition coefficient (Wildman–Crippen LogP) is 4.67. The topological polar surface area (TPSA) is 42.4 Å². The minimum absolute atomic E-state index is 0.0219. The molecule has 1 spiro atoms. The Hall–Kier alpha value is -2.55. The highest BCUT2D eigenvalue weighted by Crippen LogP contribution is 2.59. The van der Waals surface area contributed by atoms with Crippen LogP contribution in [0.25, 0.3) is 5.57 Å². The molecular formula is C22H21NO2. The van der Waals surface area contributed by atoms with Crippen molar-refractivity contribution in [3.63, 3.8) is 0 Å². The molecule has 0 fully saturated rings. The first-order chi connectivity index (χ1) is 12.1. The van der Waals surface area contributed by atoms with Crippen LogP contribution in [0.5, 0.6) is 11.5 Å². The molecule has 0 bridgehead atoms. The second kappa shape index (κ2) is 4.98. The van der Waals surface area contributed by atoms with E-state index in [2.05, 4.69) is 24.1 Å². The number of benzene rings is 1. The summed E-state index contributed by atoms with van der Waals surface area (Å²) in [5.74, 6) is 1.26. The molecule has 1 aromatic heterocycles. The number of phenolic OH excluding ortho intramolecular Hbond substituents is 1. The van der Waals surface area contributed by atoms with Gasteiger partial charge < -0.3 is 9.84 Å². The molecule has 1 aliphatic heterocycles. The highest BCUT2D eigenvalue weighted by atomic mass is 16.5. The van der Waals surface area contributed by atoms with Gasteiger partial charge in [0.15, 0.2) is 0 Å². The second-order valence-corrected chi connectivity index (χ2v) is 7.63. The summed E-state index contributed by atoms with van der Waals surface area (Å²) in [5, 5.41) is 9.52. The van der Waals surface area contributed by atoms with E-state index in [1.165, 1.54) is 16.7 Å². The zero-order valence-corrected chi connectivity index (χ0v) is 14.3. The van der Waals surface area contributed by atoms with Gasteiger partial charge in [-0.05, 0) is 53.8 Å². The van der Waals surface area contributed by atoms with Gasteiger partial charge in [0.2, 0.25) is 0 Å². The molecule has 1 unspecified atom stereocenters. The molecule has 2 atom stereocenters. The van der Waals surface area contributed by atoms with Crippen molar-refractivity contribution in [1.29, 1.82) is 0 Å². The molecule has 1 aromatic carbocycles. The lowest BCUT2D eigenvalue weighted by Crippen LogP contribution is -2.48. The smallest absolute Gasteiger partial charge is 0.141 e. The quantitative estimate of drug-likeness (QED) is 0.825. The third-order valence-corrected chi connectivity index (χ3v) is 6.36. The molecule has 2 aliphatic carbocycles. The van der Waals surface area contributed by atoms with Crippen molar-refractivity contribution in [2.75, 3.05) is 0 Å². The van der Waals surface area contributed by atoms with Crippen molar-refractivity contribution in [3.05, 3.63) is 71.6 Å². The lowest BCUT2D eigenvalue weighted by molar-refractivity contribution is -0.00193. The van der Waals surface area contributed by atoms with Gasteiger partial charge in [-0.2, -0.15) is 0 Å². The lowest BCUT2D eigenvalue weighted by atomic mass is 9.64. The molecule has 0 amide bonds. The zero-order chi connectivity index (χ0) is 17.1. The molecule has 3 heteroatoms. The van der Waals surface area contributed by atoms with E-state index >= 15 is 0 Å². The largest absolute Gasteiger partial charge is 0.508 e. The molecule has 5 rings (SSSR count). The fourth-order valence-electron chi connectivity index (χ4n) is 4.71. The van der Waals surface area contributed by atoms with Crippen LogP contribution in [0.2, 0.25) is 0 Å². The van der Waals surface area contributed by atoms with Gasteiger partial charge in [0.1, 0.15) is 17.1 Å². The summed E-state index contributed by atoms with van der Waals surface area (Å²) >= 11 is 0. The number of phenols is 1. The van der Waals surface area contributed by atoms with Gasteiger partial charge in [-0.3, -0.25) is 4.98 Å². The monoisotopic (exact) mass is 331 g/mol. The van der Waals surface area contributed by atoms with E-state index in [1.54, 1.807) is 12.1 Å². The predicted molar refractivity (Wildman–Crippen MR) is 97.4 cm³/mol. The summed E-state index contributed by atoms with van der Waals surface area (Å²) in [7, 11) is 0. The molecule has 1 N–H and O–H groups in total. The Morgan fingerprint density at radius 3 is 2.80 bits per heavy atom. The van der Waals surface area contributed by atoms with E-state index < -0.39 is 0 Å². The summed E-state index contributed by atoms with van der Waals surface area (Å²) in [5.41, 5.74) is 4.85. The average Bonchev–Trinajstić information content (AvgIpc) is 3.14. The maximum Gasteiger partial charge on any atom is 0.141 e. The first-order valence-electron chi connectivity index (χ1n) is 8.93. The van der Waals surface area contributed by atoms with Crippen LogP contribution in [0.15, 0.2) is 60.3 Å². The summed E-state index contributed by atoms with van der Waals surface area (Å²) in [4.78, 5) is 4.53. The molecule has 0 radical (unpaired) electrons. The maximum atomic E-state index is 9.52. The van der Waals surface area contributed by atoms with Crippen molar-refractivity contribution >= 4 is 5.57 Å². The number of hydrogen-bond donors (Lipinski definition) is 1. The van der Waals surface area contributed by atoms with Gasteiger partial charge in [-0.15, -0.1) is 0 Å². The molecule has 3 aliphatic rings. The van der Waals surface area contributed by atoms with Crippen molar-refractivity contribution < 1.29 is 9.84 Å². The fraction of sp³-hybridized carbons (Fsp3) is 0.318. The van der Waals surface area contributed by atoms with Crippen LogP contribution in [-0.4, -0.2) is 15.7 Å². The van der Waals surface area contributed by atoms with Gasteiger partial charge in [-0.25, -0.2) is 0 Å². The number of allylic oxidation sites excluding steroid dienone is 2. The molecule has 2 aromatic rings. The van der Waals surface area contributed by atoms with Gasteiger partial charge >= 0.3 is 0 Å². The minimum atomic E-state index is -0.185. The van der Waals surface area contributed by atoms with Gasteiger partial charge in [0.25, 0.3) is 0 Å². The van der Waals surface area contributed by atoms with Crippen LogP contribution in [0.3, 0.4) is 0 Å². The molecule has 2 heterocycles. The number of aromatic hydroxyl groups is 1. The number of aromatic nitrogens is 1. The second-order valence-electron chi connectivity index (χ2n) is 7.63.